The van der Waals surface area contributed by atoms with Gasteiger partial charge in [0, 0.05) is 4.90 Å². The number of carbonyl (C=O) groups is 1. The van der Waals surface area contributed by atoms with Crippen LogP contribution in [-0.4, -0.2) is 22.6 Å². The molecule has 8 heteroatoms. The Hall–Kier alpha value is -2.48. The van der Waals surface area contributed by atoms with Crippen LogP contribution in [0.3, 0.4) is 0 Å². The molecule has 24 heavy (non-hydrogen) atoms. The number of methoxy groups -OCH3 is 1. The normalized spacial score (nSPS) is 11.0. The highest BCUT2D eigenvalue weighted by Gasteiger charge is 2.25. The number of imidazole rings is 1. The first-order chi connectivity index (χ1) is 11.5. The van der Waals surface area contributed by atoms with Crippen molar-refractivity contribution in [1.82, 2.24) is 9.55 Å². The van der Waals surface area contributed by atoms with Crippen LogP contribution in [0.15, 0.2) is 46.5 Å². The summed E-state index contributed by atoms with van der Waals surface area (Å²) in [5.74, 6) is -4.96. The van der Waals surface area contributed by atoms with Gasteiger partial charge in [0.1, 0.15) is 17.6 Å². The molecule has 0 atom stereocenters. The summed E-state index contributed by atoms with van der Waals surface area (Å²) in [5, 5.41) is 0. The van der Waals surface area contributed by atoms with E-state index in [-0.39, 0.29) is 22.5 Å². The average Bonchev–Trinajstić information content (AvgIpc) is 3.01. The molecule has 0 spiro atoms. The van der Waals surface area contributed by atoms with E-state index in [1.807, 2.05) is 0 Å². The maximum Gasteiger partial charge on any atom is 0.325 e. The maximum absolute atomic E-state index is 14.2. The molecule has 3 aromatic rings. The van der Waals surface area contributed by atoms with Crippen molar-refractivity contribution in [2.45, 2.75) is 16.3 Å². The minimum Gasteiger partial charge on any atom is -0.468 e. The second-order valence-corrected chi connectivity index (χ2v) is 5.92. The Balaban J connectivity index is 2.17. The lowest BCUT2D eigenvalue weighted by molar-refractivity contribution is -0.141. The zero-order valence-corrected chi connectivity index (χ0v) is 13.2. The number of hydrogen-bond acceptors (Lipinski definition) is 4. The van der Waals surface area contributed by atoms with E-state index in [0.29, 0.717) is 4.90 Å². The Kier molecular flexibility index (Phi) is 4.48. The first-order valence-electron chi connectivity index (χ1n) is 6.84. The summed E-state index contributed by atoms with van der Waals surface area (Å²) < 4.78 is 48.0. The number of esters is 1. The lowest BCUT2D eigenvalue weighted by Gasteiger charge is -2.09. The SMILES string of the molecule is COC(=O)Cn1cnc2c(Sc3ccccc3)c(F)c(F)c(F)c21. The van der Waals surface area contributed by atoms with Gasteiger partial charge in [-0.05, 0) is 12.1 Å². The van der Waals surface area contributed by atoms with Crippen LogP contribution in [-0.2, 0) is 16.1 Å². The predicted octanol–water partition coefficient (Wildman–Crippen LogP) is 3.78. The van der Waals surface area contributed by atoms with Crippen LogP contribution < -0.4 is 0 Å². The standard InChI is InChI=1S/C16H11F3N2O2S/c1-23-10(22)7-21-8-20-14-15(21)12(18)11(17)13(19)16(14)24-9-5-3-2-4-6-9/h2-6,8H,7H2,1H3. The number of hydrogen-bond donors (Lipinski definition) is 0. The minimum atomic E-state index is -1.60. The van der Waals surface area contributed by atoms with Crippen molar-refractivity contribution >= 4 is 28.8 Å². The van der Waals surface area contributed by atoms with Gasteiger partial charge in [-0.1, -0.05) is 30.0 Å². The monoisotopic (exact) mass is 352 g/mol. The molecule has 0 saturated heterocycles. The van der Waals surface area contributed by atoms with Crippen LogP contribution in [0.4, 0.5) is 13.2 Å². The third-order valence-electron chi connectivity index (χ3n) is 3.34. The van der Waals surface area contributed by atoms with Crippen LogP contribution in [0.1, 0.15) is 0 Å². The van der Waals surface area contributed by atoms with Gasteiger partial charge < -0.3 is 9.30 Å². The van der Waals surface area contributed by atoms with E-state index in [1.165, 1.54) is 7.11 Å². The number of halogens is 3. The number of nitrogens with zero attached hydrogens (tertiary/aromatic N) is 2. The third-order valence-corrected chi connectivity index (χ3v) is 4.42. The minimum absolute atomic E-state index is 0.0517. The summed E-state index contributed by atoms with van der Waals surface area (Å²) in [4.78, 5) is 15.9. The molecule has 1 aromatic heterocycles. The molecular weight excluding hydrogens is 341 g/mol. The van der Waals surface area contributed by atoms with Crippen molar-refractivity contribution in [2.75, 3.05) is 7.11 Å². The van der Waals surface area contributed by atoms with Crippen LogP contribution in [0.2, 0.25) is 0 Å². The van der Waals surface area contributed by atoms with Crippen molar-refractivity contribution in [2.24, 2.45) is 0 Å². The highest BCUT2D eigenvalue weighted by molar-refractivity contribution is 7.99. The van der Waals surface area contributed by atoms with E-state index in [0.717, 1.165) is 22.7 Å². The number of rotatable bonds is 4. The lowest BCUT2D eigenvalue weighted by Crippen LogP contribution is -2.11. The smallest absolute Gasteiger partial charge is 0.325 e. The number of ether oxygens (including phenoxy) is 1. The lowest BCUT2D eigenvalue weighted by atomic mass is 10.2. The Morgan fingerprint density at radius 2 is 1.88 bits per heavy atom. The van der Waals surface area contributed by atoms with Crippen molar-refractivity contribution in [1.29, 1.82) is 0 Å². The molecule has 0 saturated carbocycles. The van der Waals surface area contributed by atoms with E-state index >= 15 is 0 Å². The van der Waals surface area contributed by atoms with E-state index < -0.39 is 23.4 Å². The molecule has 0 bridgehead atoms. The Bertz CT molecular complexity index is 913. The van der Waals surface area contributed by atoms with Crippen molar-refractivity contribution in [3.63, 3.8) is 0 Å². The Morgan fingerprint density at radius 1 is 1.17 bits per heavy atom. The first kappa shape index (κ1) is 16.4. The van der Waals surface area contributed by atoms with Gasteiger partial charge in [-0.2, -0.15) is 0 Å². The molecule has 3 rings (SSSR count). The molecule has 4 nitrogen and oxygen atoms in total. The molecule has 0 N–H and O–H groups in total. The number of fused-ring (bicyclic) bond motifs is 1. The Labute approximate surface area is 139 Å². The maximum atomic E-state index is 14.2. The van der Waals surface area contributed by atoms with E-state index in [9.17, 15) is 18.0 Å². The molecule has 0 fully saturated rings. The summed E-state index contributed by atoms with van der Waals surface area (Å²) >= 11 is 0.931. The fourth-order valence-corrected chi connectivity index (χ4v) is 3.16. The molecule has 0 unspecified atom stereocenters. The van der Waals surface area contributed by atoms with Gasteiger partial charge in [0.05, 0.1) is 18.3 Å². The van der Waals surface area contributed by atoms with Crippen LogP contribution in [0.5, 0.6) is 0 Å². The van der Waals surface area contributed by atoms with Gasteiger partial charge in [-0.25, -0.2) is 18.2 Å². The predicted molar refractivity (Wildman–Crippen MR) is 82.2 cm³/mol. The number of carbonyl (C=O) groups excluding carboxylic acids is 1. The highest BCUT2D eigenvalue weighted by Crippen LogP contribution is 2.37. The summed E-state index contributed by atoms with van der Waals surface area (Å²) in [6.07, 6.45) is 1.15. The summed E-state index contributed by atoms with van der Waals surface area (Å²) in [5.41, 5.74) is -0.332. The summed E-state index contributed by atoms with van der Waals surface area (Å²) in [6.45, 7) is -0.357. The second-order valence-electron chi connectivity index (χ2n) is 4.83. The molecule has 2 aromatic carbocycles. The molecule has 0 radical (unpaired) electrons. The topological polar surface area (TPSA) is 44.1 Å². The number of benzene rings is 2. The van der Waals surface area contributed by atoms with Gasteiger partial charge in [0.2, 0.25) is 0 Å². The highest BCUT2D eigenvalue weighted by atomic mass is 32.2. The molecule has 0 amide bonds. The summed E-state index contributed by atoms with van der Waals surface area (Å²) in [6, 6.07) is 8.69. The average molecular weight is 352 g/mol. The largest absolute Gasteiger partial charge is 0.468 e. The quantitative estimate of drug-likeness (QED) is 0.530. The molecule has 124 valence electrons. The van der Waals surface area contributed by atoms with Gasteiger partial charge in [-0.3, -0.25) is 4.79 Å². The van der Waals surface area contributed by atoms with E-state index in [1.54, 1.807) is 30.3 Å². The van der Waals surface area contributed by atoms with Crippen molar-refractivity contribution < 1.29 is 22.7 Å². The zero-order chi connectivity index (χ0) is 17.3. The zero-order valence-electron chi connectivity index (χ0n) is 12.4. The van der Waals surface area contributed by atoms with Gasteiger partial charge in [0.15, 0.2) is 17.5 Å². The van der Waals surface area contributed by atoms with Crippen molar-refractivity contribution in [3.05, 3.63) is 54.1 Å². The van der Waals surface area contributed by atoms with E-state index in [2.05, 4.69) is 9.72 Å². The molecule has 0 aliphatic rings. The van der Waals surface area contributed by atoms with Crippen LogP contribution in [0.25, 0.3) is 11.0 Å². The third kappa shape index (κ3) is 2.84. The number of aromatic nitrogens is 2. The fourth-order valence-electron chi connectivity index (χ4n) is 2.21. The Morgan fingerprint density at radius 3 is 2.54 bits per heavy atom. The van der Waals surface area contributed by atoms with Crippen LogP contribution >= 0.6 is 11.8 Å². The van der Waals surface area contributed by atoms with Gasteiger partial charge in [0.25, 0.3) is 0 Å². The summed E-state index contributed by atoms with van der Waals surface area (Å²) in [7, 11) is 1.18. The van der Waals surface area contributed by atoms with Crippen LogP contribution in [0, 0.1) is 17.5 Å². The van der Waals surface area contributed by atoms with Gasteiger partial charge in [-0.15, -0.1) is 0 Å². The van der Waals surface area contributed by atoms with E-state index in [4.69, 9.17) is 0 Å². The molecule has 0 aliphatic heterocycles. The molecular formula is C16H11F3N2O2S. The van der Waals surface area contributed by atoms with Gasteiger partial charge >= 0.3 is 5.97 Å². The second kappa shape index (κ2) is 6.56. The first-order valence-corrected chi connectivity index (χ1v) is 7.65. The molecule has 1 heterocycles. The molecule has 0 aliphatic carbocycles. The van der Waals surface area contributed by atoms with Crippen molar-refractivity contribution in [3.8, 4) is 0 Å². The fraction of sp³-hybridized carbons (Fsp3) is 0.125.